The fraction of sp³-hybridized carbons (Fsp3) is 0.160. The molecule has 0 aliphatic heterocycles. The van der Waals surface area contributed by atoms with E-state index in [1.54, 1.807) is 35.9 Å². The molecule has 3 aromatic carbocycles. The molecule has 0 saturated heterocycles. The summed E-state index contributed by atoms with van der Waals surface area (Å²) in [7, 11) is 0.489. The summed E-state index contributed by atoms with van der Waals surface area (Å²) in [5.74, 6) is 1.45. The molecular weight excluding hydrogens is 442 g/mol. The smallest absolute Gasteiger partial charge is 0.211 e. The highest BCUT2D eigenvalue weighted by Gasteiger charge is 2.25. The van der Waals surface area contributed by atoms with Gasteiger partial charge in [-0.2, -0.15) is 0 Å². The minimum atomic E-state index is -4.05. The summed E-state index contributed by atoms with van der Waals surface area (Å²) in [5.41, 5.74) is 0.793. The standard InChI is InChI=1S/C25H23NO6S/c1-30-18-9-7-8-17(12-18)15-26-16-24(33(28,29)19-10-5-4-6-11-19)25(27)20-13-22(31-2)23(32-3)14-21(20)26/h4-14,16H,15H2,1-3H3. The van der Waals surface area contributed by atoms with Gasteiger partial charge in [-0.05, 0) is 35.9 Å². The Morgan fingerprint density at radius 2 is 1.52 bits per heavy atom. The van der Waals surface area contributed by atoms with Gasteiger partial charge in [0.1, 0.15) is 10.6 Å². The maximum Gasteiger partial charge on any atom is 0.211 e. The van der Waals surface area contributed by atoms with E-state index in [0.29, 0.717) is 29.3 Å². The number of rotatable bonds is 7. The lowest BCUT2D eigenvalue weighted by atomic mass is 10.1. The van der Waals surface area contributed by atoms with E-state index in [1.165, 1.54) is 38.6 Å². The van der Waals surface area contributed by atoms with Crippen molar-refractivity contribution in [2.75, 3.05) is 21.3 Å². The van der Waals surface area contributed by atoms with Crippen molar-refractivity contribution in [3.63, 3.8) is 0 Å². The molecule has 0 atom stereocenters. The zero-order valence-corrected chi connectivity index (χ0v) is 19.3. The van der Waals surface area contributed by atoms with Crippen LogP contribution in [0.3, 0.4) is 0 Å². The van der Waals surface area contributed by atoms with Gasteiger partial charge in [-0.15, -0.1) is 0 Å². The molecule has 0 aliphatic rings. The van der Waals surface area contributed by atoms with Gasteiger partial charge in [-0.3, -0.25) is 4.79 Å². The van der Waals surface area contributed by atoms with E-state index < -0.39 is 15.3 Å². The van der Waals surface area contributed by atoms with E-state index in [0.717, 1.165) is 5.56 Å². The van der Waals surface area contributed by atoms with Gasteiger partial charge in [-0.25, -0.2) is 8.42 Å². The number of methoxy groups -OCH3 is 3. The Morgan fingerprint density at radius 1 is 0.818 bits per heavy atom. The van der Waals surface area contributed by atoms with Gasteiger partial charge in [-0.1, -0.05) is 30.3 Å². The van der Waals surface area contributed by atoms with Crippen LogP contribution in [0.15, 0.2) is 87.5 Å². The quantitative estimate of drug-likeness (QED) is 0.412. The molecule has 0 radical (unpaired) electrons. The number of pyridine rings is 1. The van der Waals surface area contributed by atoms with Crippen LogP contribution in [-0.2, 0) is 16.4 Å². The molecule has 4 rings (SSSR count). The molecule has 0 unspecified atom stereocenters. The molecule has 0 aliphatic carbocycles. The Labute approximate surface area is 191 Å². The van der Waals surface area contributed by atoms with Crippen molar-refractivity contribution < 1.29 is 22.6 Å². The summed E-state index contributed by atoms with van der Waals surface area (Å²) in [5, 5.41) is 0.215. The molecule has 0 bridgehead atoms. The van der Waals surface area contributed by atoms with Crippen molar-refractivity contribution in [2.24, 2.45) is 0 Å². The molecular formula is C25H23NO6S. The molecule has 0 N–H and O–H groups in total. The van der Waals surface area contributed by atoms with Gasteiger partial charge in [0.05, 0.1) is 37.1 Å². The molecule has 7 nitrogen and oxygen atoms in total. The van der Waals surface area contributed by atoms with Crippen LogP contribution in [0.25, 0.3) is 10.9 Å². The van der Waals surface area contributed by atoms with Gasteiger partial charge >= 0.3 is 0 Å². The molecule has 0 amide bonds. The van der Waals surface area contributed by atoms with Crippen LogP contribution in [0, 0.1) is 0 Å². The Morgan fingerprint density at radius 3 is 2.18 bits per heavy atom. The maximum absolute atomic E-state index is 13.4. The number of hydrogen-bond acceptors (Lipinski definition) is 6. The van der Waals surface area contributed by atoms with Crippen molar-refractivity contribution >= 4 is 20.7 Å². The van der Waals surface area contributed by atoms with Crippen molar-refractivity contribution in [1.82, 2.24) is 4.57 Å². The van der Waals surface area contributed by atoms with Gasteiger partial charge in [0, 0.05) is 18.8 Å². The minimum absolute atomic E-state index is 0.0508. The third kappa shape index (κ3) is 4.17. The van der Waals surface area contributed by atoms with Crippen molar-refractivity contribution in [1.29, 1.82) is 0 Å². The first kappa shape index (κ1) is 22.4. The molecule has 0 fully saturated rings. The van der Waals surface area contributed by atoms with Gasteiger partial charge in [0.25, 0.3) is 0 Å². The van der Waals surface area contributed by atoms with Crippen LogP contribution in [0.5, 0.6) is 17.2 Å². The average molecular weight is 466 g/mol. The Bertz CT molecular complexity index is 1480. The second-order valence-corrected chi connectivity index (χ2v) is 9.26. The number of fused-ring (bicyclic) bond motifs is 1. The summed E-state index contributed by atoms with van der Waals surface area (Å²) in [6, 6.07) is 18.5. The van der Waals surface area contributed by atoms with Gasteiger partial charge < -0.3 is 18.8 Å². The lowest BCUT2D eigenvalue weighted by molar-refractivity contribution is 0.355. The number of ether oxygens (including phenoxy) is 3. The lowest BCUT2D eigenvalue weighted by Gasteiger charge is -2.17. The molecule has 1 aromatic heterocycles. The fourth-order valence-electron chi connectivity index (χ4n) is 3.71. The summed E-state index contributed by atoms with van der Waals surface area (Å²) in [6.45, 7) is 0.306. The second-order valence-electron chi connectivity index (χ2n) is 7.34. The maximum atomic E-state index is 13.4. The normalized spacial score (nSPS) is 11.4. The van der Waals surface area contributed by atoms with Crippen LogP contribution in [0.4, 0.5) is 0 Å². The first-order valence-electron chi connectivity index (χ1n) is 10.1. The third-order valence-electron chi connectivity index (χ3n) is 5.38. The molecule has 4 aromatic rings. The molecule has 0 spiro atoms. The summed E-state index contributed by atoms with van der Waals surface area (Å²) in [4.78, 5) is 13.2. The number of aromatic nitrogens is 1. The lowest BCUT2D eigenvalue weighted by Crippen LogP contribution is -2.20. The van der Waals surface area contributed by atoms with Crippen molar-refractivity contribution in [2.45, 2.75) is 16.3 Å². The van der Waals surface area contributed by atoms with Crippen molar-refractivity contribution in [3.05, 3.63) is 88.7 Å². The van der Waals surface area contributed by atoms with E-state index in [4.69, 9.17) is 14.2 Å². The summed E-state index contributed by atoms with van der Waals surface area (Å²) < 4.78 is 44.6. The van der Waals surface area contributed by atoms with Crippen LogP contribution >= 0.6 is 0 Å². The monoisotopic (exact) mass is 465 g/mol. The first-order valence-corrected chi connectivity index (χ1v) is 11.6. The first-order chi connectivity index (χ1) is 15.9. The van der Waals surface area contributed by atoms with E-state index in [-0.39, 0.29) is 15.2 Å². The molecule has 170 valence electrons. The van der Waals surface area contributed by atoms with Crippen LogP contribution in [-0.4, -0.2) is 34.3 Å². The number of benzene rings is 3. The average Bonchev–Trinajstić information content (AvgIpc) is 2.85. The molecule has 0 saturated carbocycles. The van der Waals surface area contributed by atoms with Gasteiger partial charge in [0.2, 0.25) is 15.3 Å². The highest BCUT2D eigenvalue weighted by Crippen LogP contribution is 2.32. The van der Waals surface area contributed by atoms with Gasteiger partial charge in [0.15, 0.2) is 11.5 Å². The topological polar surface area (TPSA) is 83.8 Å². The van der Waals surface area contributed by atoms with Crippen LogP contribution in [0.2, 0.25) is 0 Å². The van der Waals surface area contributed by atoms with E-state index in [1.807, 2.05) is 24.3 Å². The minimum Gasteiger partial charge on any atom is -0.497 e. The number of sulfone groups is 1. The SMILES string of the molecule is COc1cccc(Cn2cc(S(=O)(=O)c3ccccc3)c(=O)c3cc(OC)c(OC)cc32)c1. The van der Waals surface area contributed by atoms with Crippen molar-refractivity contribution in [3.8, 4) is 17.2 Å². The second kappa shape index (κ2) is 8.99. The Kier molecular flexibility index (Phi) is 6.11. The molecule has 1 heterocycles. The number of hydrogen-bond donors (Lipinski definition) is 0. The largest absolute Gasteiger partial charge is 0.497 e. The predicted molar refractivity (Wildman–Crippen MR) is 125 cm³/mol. The van der Waals surface area contributed by atoms with E-state index in [9.17, 15) is 13.2 Å². The highest BCUT2D eigenvalue weighted by atomic mass is 32.2. The van der Waals surface area contributed by atoms with E-state index in [2.05, 4.69) is 0 Å². The molecule has 8 heteroatoms. The number of nitrogens with zero attached hydrogens (tertiary/aromatic N) is 1. The highest BCUT2D eigenvalue weighted by molar-refractivity contribution is 7.91. The Hall–Kier alpha value is -3.78. The summed E-state index contributed by atoms with van der Waals surface area (Å²) in [6.07, 6.45) is 1.39. The third-order valence-corrected chi connectivity index (χ3v) is 7.15. The fourth-order valence-corrected chi connectivity index (χ4v) is 5.10. The zero-order valence-electron chi connectivity index (χ0n) is 18.4. The van der Waals surface area contributed by atoms with E-state index >= 15 is 0 Å². The van der Waals surface area contributed by atoms with Crippen LogP contribution in [0.1, 0.15) is 5.56 Å². The Balaban J connectivity index is 2.02. The zero-order chi connectivity index (χ0) is 23.6. The predicted octanol–water partition coefficient (Wildman–Crippen LogP) is 3.91. The summed E-state index contributed by atoms with van der Waals surface area (Å²) >= 11 is 0. The molecule has 33 heavy (non-hydrogen) atoms. The van der Waals surface area contributed by atoms with Crippen LogP contribution < -0.4 is 19.6 Å².